The summed E-state index contributed by atoms with van der Waals surface area (Å²) < 4.78 is 0. The van der Waals surface area contributed by atoms with Crippen molar-refractivity contribution >= 4 is 11.8 Å². The number of rotatable bonds is 2. The number of hydrogen-bond acceptors (Lipinski definition) is 4. The molecule has 0 saturated carbocycles. The Balaban J connectivity index is 1.95. The van der Waals surface area contributed by atoms with Crippen LogP contribution in [-0.2, 0) is 9.59 Å². The lowest BCUT2D eigenvalue weighted by molar-refractivity contribution is -0.138. The molecule has 0 aromatic rings. The molecule has 2 heterocycles. The second kappa shape index (κ2) is 3.67. The van der Waals surface area contributed by atoms with Gasteiger partial charge in [-0.1, -0.05) is 0 Å². The highest BCUT2D eigenvalue weighted by Gasteiger charge is 2.34. The highest BCUT2D eigenvalue weighted by Crippen LogP contribution is 2.15. The van der Waals surface area contributed by atoms with Crippen LogP contribution < -0.4 is 10.6 Å². The number of hydrogen-bond donors (Lipinski definition) is 2. The van der Waals surface area contributed by atoms with Crippen molar-refractivity contribution in [2.75, 3.05) is 20.1 Å². The Morgan fingerprint density at radius 1 is 1.36 bits per heavy atom. The minimum atomic E-state index is -0.147. The maximum atomic E-state index is 11.5. The first-order chi connectivity index (χ1) is 6.68. The molecule has 0 aromatic heterocycles. The van der Waals surface area contributed by atoms with Crippen LogP contribution >= 0.6 is 0 Å². The zero-order chi connectivity index (χ0) is 10.1. The molecular formula is C9H15N3O2. The average Bonchev–Trinajstić information content (AvgIpc) is 2.00. The van der Waals surface area contributed by atoms with Gasteiger partial charge in [-0.15, -0.1) is 0 Å². The molecule has 2 fully saturated rings. The molecule has 0 spiro atoms. The van der Waals surface area contributed by atoms with E-state index in [1.165, 1.54) is 0 Å². The van der Waals surface area contributed by atoms with Gasteiger partial charge in [-0.25, -0.2) is 0 Å². The molecule has 78 valence electrons. The van der Waals surface area contributed by atoms with Gasteiger partial charge in [-0.2, -0.15) is 0 Å². The van der Waals surface area contributed by atoms with Gasteiger partial charge in [-0.3, -0.25) is 19.8 Å². The van der Waals surface area contributed by atoms with Gasteiger partial charge >= 0.3 is 0 Å². The Morgan fingerprint density at radius 2 is 2.07 bits per heavy atom. The van der Waals surface area contributed by atoms with Crippen LogP contribution in [0.2, 0.25) is 0 Å². The molecule has 2 N–H and O–H groups in total. The smallest absolute Gasteiger partial charge is 0.243 e. The fourth-order valence-corrected chi connectivity index (χ4v) is 1.89. The summed E-state index contributed by atoms with van der Waals surface area (Å²) in [5, 5.41) is 5.54. The first kappa shape index (κ1) is 9.61. The van der Waals surface area contributed by atoms with Crippen molar-refractivity contribution in [3.63, 3.8) is 0 Å². The van der Waals surface area contributed by atoms with E-state index in [1.54, 1.807) is 0 Å². The van der Waals surface area contributed by atoms with E-state index in [0.29, 0.717) is 18.9 Å². The Bertz CT molecular complexity index is 263. The third-order valence-electron chi connectivity index (χ3n) is 3.04. The number of piperidine rings is 1. The van der Waals surface area contributed by atoms with Gasteiger partial charge in [0.25, 0.3) is 0 Å². The van der Waals surface area contributed by atoms with Crippen LogP contribution in [0.15, 0.2) is 0 Å². The van der Waals surface area contributed by atoms with E-state index in [1.807, 2.05) is 7.05 Å². The van der Waals surface area contributed by atoms with E-state index >= 15 is 0 Å². The summed E-state index contributed by atoms with van der Waals surface area (Å²) in [6.07, 6.45) is 1.11. The molecule has 2 aliphatic rings. The quantitative estimate of drug-likeness (QED) is 0.540. The zero-order valence-corrected chi connectivity index (χ0v) is 8.25. The molecule has 1 atom stereocenters. The van der Waals surface area contributed by atoms with E-state index in [4.69, 9.17) is 0 Å². The predicted molar refractivity (Wildman–Crippen MR) is 50.6 cm³/mol. The largest absolute Gasteiger partial charge is 0.314 e. The summed E-state index contributed by atoms with van der Waals surface area (Å²) in [6, 6.07) is 0.318. The molecule has 0 radical (unpaired) electrons. The fraction of sp³-hybridized carbons (Fsp3) is 0.778. The number of carbonyl (C=O) groups is 2. The maximum absolute atomic E-state index is 11.5. The van der Waals surface area contributed by atoms with Crippen molar-refractivity contribution < 1.29 is 9.59 Å². The van der Waals surface area contributed by atoms with E-state index in [2.05, 4.69) is 15.5 Å². The van der Waals surface area contributed by atoms with Crippen LogP contribution in [-0.4, -0.2) is 48.9 Å². The van der Waals surface area contributed by atoms with Crippen LogP contribution in [0.1, 0.15) is 12.8 Å². The molecule has 1 unspecified atom stereocenters. The van der Waals surface area contributed by atoms with Crippen molar-refractivity contribution in [3.05, 3.63) is 0 Å². The van der Waals surface area contributed by atoms with E-state index in [-0.39, 0.29) is 17.9 Å². The summed E-state index contributed by atoms with van der Waals surface area (Å²) in [6.45, 7) is 1.88. The number of imide groups is 1. The van der Waals surface area contributed by atoms with Gasteiger partial charge in [0, 0.05) is 25.6 Å². The predicted octanol–water partition coefficient (Wildman–Crippen LogP) is -1.30. The Kier molecular flexibility index (Phi) is 2.52. The van der Waals surface area contributed by atoms with Gasteiger partial charge in [-0.05, 0) is 13.5 Å². The van der Waals surface area contributed by atoms with Crippen molar-refractivity contribution in [2.45, 2.75) is 24.9 Å². The number of amides is 2. The van der Waals surface area contributed by atoms with Crippen molar-refractivity contribution in [3.8, 4) is 0 Å². The third kappa shape index (κ3) is 1.65. The maximum Gasteiger partial charge on any atom is 0.243 e. The van der Waals surface area contributed by atoms with Gasteiger partial charge in [0.2, 0.25) is 11.8 Å². The molecule has 0 bridgehead atoms. The molecule has 14 heavy (non-hydrogen) atoms. The number of nitrogens with one attached hydrogen (secondary N) is 2. The molecule has 2 saturated heterocycles. The van der Waals surface area contributed by atoms with E-state index < -0.39 is 0 Å². The minimum Gasteiger partial charge on any atom is -0.314 e. The zero-order valence-electron chi connectivity index (χ0n) is 8.25. The van der Waals surface area contributed by atoms with Crippen LogP contribution in [0, 0.1) is 0 Å². The molecule has 0 aliphatic carbocycles. The van der Waals surface area contributed by atoms with E-state index in [9.17, 15) is 9.59 Å². The van der Waals surface area contributed by atoms with Gasteiger partial charge in [0.15, 0.2) is 0 Å². The first-order valence-electron chi connectivity index (χ1n) is 4.95. The monoisotopic (exact) mass is 197 g/mol. The molecule has 5 heteroatoms. The van der Waals surface area contributed by atoms with Crippen LogP contribution in [0.25, 0.3) is 0 Å². The summed E-state index contributed by atoms with van der Waals surface area (Å²) in [7, 11) is 1.95. The van der Waals surface area contributed by atoms with Gasteiger partial charge in [0.1, 0.15) is 0 Å². The molecule has 0 aromatic carbocycles. The normalized spacial score (nSPS) is 28.9. The van der Waals surface area contributed by atoms with Crippen molar-refractivity contribution in [1.82, 2.24) is 15.5 Å². The van der Waals surface area contributed by atoms with Crippen LogP contribution in [0.3, 0.4) is 0 Å². The Labute approximate surface area is 82.8 Å². The summed E-state index contributed by atoms with van der Waals surface area (Å²) in [5.41, 5.74) is 0. The fourth-order valence-electron chi connectivity index (χ4n) is 1.89. The van der Waals surface area contributed by atoms with Crippen molar-refractivity contribution in [2.24, 2.45) is 0 Å². The van der Waals surface area contributed by atoms with Crippen LogP contribution in [0.4, 0.5) is 0 Å². The Hall–Kier alpha value is -0.940. The summed E-state index contributed by atoms with van der Waals surface area (Å²) >= 11 is 0. The summed E-state index contributed by atoms with van der Waals surface area (Å²) in [5.74, 6) is -0.290. The number of likely N-dealkylation sites (N-methyl/N-ethyl adjacent to an activating group) is 1. The highest BCUT2D eigenvalue weighted by atomic mass is 16.2. The first-order valence-corrected chi connectivity index (χ1v) is 4.95. The van der Waals surface area contributed by atoms with E-state index in [0.717, 1.165) is 13.1 Å². The van der Waals surface area contributed by atoms with Gasteiger partial charge < -0.3 is 5.32 Å². The lowest BCUT2D eigenvalue weighted by atomic mass is 10.0. The topological polar surface area (TPSA) is 61.4 Å². The average molecular weight is 197 g/mol. The highest BCUT2D eigenvalue weighted by molar-refractivity contribution is 6.00. The number of carbonyl (C=O) groups excluding carboxylic acids is 2. The Morgan fingerprint density at radius 3 is 2.57 bits per heavy atom. The van der Waals surface area contributed by atoms with Gasteiger partial charge in [0.05, 0.1) is 6.04 Å². The number of nitrogens with zero attached hydrogens (tertiary/aromatic N) is 1. The molecule has 2 amide bonds. The third-order valence-corrected chi connectivity index (χ3v) is 3.04. The second-order valence-corrected chi connectivity index (χ2v) is 3.94. The summed E-state index contributed by atoms with van der Waals surface area (Å²) in [4.78, 5) is 24.5. The lowest BCUT2D eigenvalue weighted by Crippen LogP contribution is -2.62. The van der Waals surface area contributed by atoms with Crippen molar-refractivity contribution in [1.29, 1.82) is 0 Å². The standard InChI is InChI=1S/C9H15N3O2/c1-12(6-4-10-5-6)7-2-3-8(13)11-9(7)14/h6-7,10H,2-5H2,1H3,(H,11,13,14). The minimum absolute atomic E-state index is 0.125. The molecule has 2 rings (SSSR count). The second-order valence-electron chi connectivity index (χ2n) is 3.94. The lowest BCUT2D eigenvalue weighted by Gasteiger charge is -2.40. The molecule has 5 nitrogen and oxygen atoms in total. The van der Waals surface area contributed by atoms with Crippen LogP contribution in [0.5, 0.6) is 0 Å². The molecular weight excluding hydrogens is 182 g/mol. The molecule has 2 aliphatic heterocycles. The SMILES string of the molecule is CN(C1CNC1)C1CCC(=O)NC1=O.